The third-order valence-corrected chi connectivity index (χ3v) is 2.74. The molecule has 0 aromatic heterocycles. The molecule has 0 unspecified atom stereocenters. The van der Waals surface area contributed by atoms with Gasteiger partial charge in [-0.05, 0) is 13.0 Å². The summed E-state index contributed by atoms with van der Waals surface area (Å²) >= 11 is 0. The Bertz CT molecular complexity index is 244. The molecule has 14 heavy (non-hydrogen) atoms. The molecular weight excluding hydrogens is 178 g/mol. The monoisotopic (exact) mass is 195 g/mol. The third kappa shape index (κ3) is 2.13. The standard InChI is InChI=1S/C10H17N3O/c14-10(9-1-3-11-4-2-9)13-7-5-12-6-8-13/h1,11-12H,2-8H2. The number of nitrogens with zero attached hydrogens (tertiary/aromatic N) is 1. The van der Waals surface area contributed by atoms with Crippen LogP contribution in [0.2, 0.25) is 0 Å². The summed E-state index contributed by atoms with van der Waals surface area (Å²) in [4.78, 5) is 13.9. The normalized spacial score (nSPS) is 23.1. The smallest absolute Gasteiger partial charge is 0.249 e. The fraction of sp³-hybridized carbons (Fsp3) is 0.700. The molecule has 2 rings (SSSR count). The van der Waals surface area contributed by atoms with Crippen LogP contribution in [0, 0.1) is 0 Å². The lowest BCUT2D eigenvalue weighted by Crippen LogP contribution is -2.47. The second-order valence-electron chi connectivity index (χ2n) is 3.73. The van der Waals surface area contributed by atoms with E-state index in [1.165, 1.54) is 0 Å². The van der Waals surface area contributed by atoms with Gasteiger partial charge >= 0.3 is 0 Å². The molecule has 0 saturated carbocycles. The molecule has 0 radical (unpaired) electrons. The Balaban J connectivity index is 1.95. The molecule has 0 aromatic carbocycles. The van der Waals surface area contributed by atoms with Gasteiger partial charge in [-0.1, -0.05) is 6.08 Å². The zero-order chi connectivity index (χ0) is 9.80. The minimum absolute atomic E-state index is 0.244. The van der Waals surface area contributed by atoms with Crippen molar-refractivity contribution in [2.24, 2.45) is 0 Å². The Kier molecular flexibility index (Phi) is 3.16. The van der Waals surface area contributed by atoms with Gasteiger partial charge in [0.05, 0.1) is 0 Å². The minimum Gasteiger partial charge on any atom is -0.336 e. The summed E-state index contributed by atoms with van der Waals surface area (Å²) in [5, 5.41) is 6.46. The van der Waals surface area contributed by atoms with Crippen LogP contribution < -0.4 is 10.6 Å². The van der Waals surface area contributed by atoms with Crippen LogP contribution in [0.5, 0.6) is 0 Å². The molecule has 4 nitrogen and oxygen atoms in total. The molecule has 0 aliphatic carbocycles. The number of hydrogen-bond acceptors (Lipinski definition) is 3. The van der Waals surface area contributed by atoms with Crippen LogP contribution in [0.3, 0.4) is 0 Å². The van der Waals surface area contributed by atoms with Crippen LogP contribution in [-0.4, -0.2) is 50.1 Å². The minimum atomic E-state index is 0.244. The van der Waals surface area contributed by atoms with E-state index in [-0.39, 0.29) is 5.91 Å². The number of carbonyl (C=O) groups excluding carboxylic acids is 1. The molecular formula is C10H17N3O. The van der Waals surface area contributed by atoms with Crippen LogP contribution in [0.4, 0.5) is 0 Å². The van der Waals surface area contributed by atoms with E-state index in [4.69, 9.17) is 0 Å². The Morgan fingerprint density at radius 2 is 2.00 bits per heavy atom. The Labute approximate surface area is 84.3 Å². The van der Waals surface area contributed by atoms with E-state index in [1.807, 2.05) is 11.0 Å². The van der Waals surface area contributed by atoms with Gasteiger partial charge in [0.2, 0.25) is 5.91 Å². The summed E-state index contributed by atoms with van der Waals surface area (Å²) in [5.74, 6) is 0.244. The molecule has 2 aliphatic rings. The van der Waals surface area contributed by atoms with E-state index in [0.29, 0.717) is 0 Å². The van der Waals surface area contributed by atoms with Crippen molar-refractivity contribution in [3.05, 3.63) is 11.6 Å². The first-order valence-corrected chi connectivity index (χ1v) is 5.27. The van der Waals surface area contributed by atoms with Crippen LogP contribution in [0.25, 0.3) is 0 Å². The summed E-state index contributed by atoms with van der Waals surface area (Å²) in [6, 6.07) is 0. The highest BCUT2D eigenvalue weighted by atomic mass is 16.2. The predicted molar refractivity (Wildman–Crippen MR) is 55.0 cm³/mol. The highest BCUT2D eigenvalue weighted by molar-refractivity contribution is 5.93. The van der Waals surface area contributed by atoms with Crippen LogP contribution >= 0.6 is 0 Å². The molecule has 2 heterocycles. The van der Waals surface area contributed by atoms with Crippen molar-refractivity contribution in [1.82, 2.24) is 15.5 Å². The molecule has 1 amide bonds. The summed E-state index contributed by atoms with van der Waals surface area (Å²) in [6.45, 7) is 5.33. The summed E-state index contributed by atoms with van der Waals surface area (Å²) in [5.41, 5.74) is 0.991. The van der Waals surface area contributed by atoms with Gasteiger partial charge in [-0.3, -0.25) is 4.79 Å². The lowest BCUT2D eigenvalue weighted by atomic mass is 10.1. The van der Waals surface area contributed by atoms with Crippen molar-refractivity contribution in [2.75, 3.05) is 39.3 Å². The van der Waals surface area contributed by atoms with Gasteiger partial charge in [-0.15, -0.1) is 0 Å². The number of nitrogens with one attached hydrogen (secondary N) is 2. The van der Waals surface area contributed by atoms with Gasteiger partial charge in [0, 0.05) is 38.3 Å². The fourth-order valence-corrected chi connectivity index (χ4v) is 1.89. The van der Waals surface area contributed by atoms with Crippen LogP contribution in [0.1, 0.15) is 6.42 Å². The second-order valence-corrected chi connectivity index (χ2v) is 3.73. The number of piperazine rings is 1. The quantitative estimate of drug-likeness (QED) is 0.584. The lowest BCUT2D eigenvalue weighted by molar-refractivity contribution is -0.127. The van der Waals surface area contributed by atoms with E-state index in [9.17, 15) is 4.79 Å². The summed E-state index contributed by atoms with van der Waals surface area (Å²) < 4.78 is 0. The molecule has 0 aromatic rings. The molecule has 0 bridgehead atoms. The largest absolute Gasteiger partial charge is 0.336 e. The van der Waals surface area contributed by atoms with E-state index >= 15 is 0 Å². The molecule has 4 heteroatoms. The molecule has 0 atom stereocenters. The molecule has 0 spiro atoms. The van der Waals surface area contributed by atoms with E-state index in [1.54, 1.807) is 0 Å². The third-order valence-electron chi connectivity index (χ3n) is 2.74. The number of amides is 1. The topological polar surface area (TPSA) is 44.4 Å². The molecule has 2 aliphatic heterocycles. The maximum atomic E-state index is 12.0. The predicted octanol–water partition coefficient (Wildman–Crippen LogP) is -0.662. The first-order chi connectivity index (χ1) is 6.88. The highest BCUT2D eigenvalue weighted by Crippen LogP contribution is 2.09. The average molecular weight is 195 g/mol. The number of carbonyl (C=O) groups is 1. The van der Waals surface area contributed by atoms with Crippen molar-refractivity contribution in [3.63, 3.8) is 0 Å². The van der Waals surface area contributed by atoms with Crippen molar-refractivity contribution >= 4 is 5.91 Å². The average Bonchev–Trinajstić information content (AvgIpc) is 2.30. The first kappa shape index (κ1) is 9.68. The van der Waals surface area contributed by atoms with Gasteiger partial charge in [-0.2, -0.15) is 0 Å². The Morgan fingerprint density at radius 3 is 2.64 bits per heavy atom. The van der Waals surface area contributed by atoms with Gasteiger partial charge in [0.15, 0.2) is 0 Å². The van der Waals surface area contributed by atoms with Crippen molar-refractivity contribution in [3.8, 4) is 0 Å². The number of rotatable bonds is 1. The molecule has 78 valence electrons. The first-order valence-electron chi connectivity index (χ1n) is 5.27. The van der Waals surface area contributed by atoms with E-state index in [2.05, 4.69) is 10.6 Å². The lowest BCUT2D eigenvalue weighted by Gasteiger charge is -2.29. The Morgan fingerprint density at radius 1 is 1.21 bits per heavy atom. The van der Waals surface area contributed by atoms with Crippen molar-refractivity contribution in [1.29, 1.82) is 0 Å². The fourth-order valence-electron chi connectivity index (χ4n) is 1.89. The summed E-state index contributed by atoms with van der Waals surface area (Å²) in [7, 11) is 0. The molecule has 2 N–H and O–H groups in total. The van der Waals surface area contributed by atoms with Crippen molar-refractivity contribution < 1.29 is 4.79 Å². The zero-order valence-corrected chi connectivity index (χ0v) is 8.38. The molecule has 1 saturated heterocycles. The van der Waals surface area contributed by atoms with E-state index < -0.39 is 0 Å². The van der Waals surface area contributed by atoms with Gasteiger partial charge in [0.25, 0.3) is 0 Å². The van der Waals surface area contributed by atoms with Gasteiger partial charge < -0.3 is 15.5 Å². The molecule has 1 fully saturated rings. The maximum Gasteiger partial charge on any atom is 0.249 e. The number of hydrogen-bond donors (Lipinski definition) is 2. The SMILES string of the molecule is O=C(C1=CCNCC1)N1CCNCC1. The van der Waals surface area contributed by atoms with Gasteiger partial charge in [0.1, 0.15) is 0 Å². The van der Waals surface area contributed by atoms with Crippen LogP contribution in [-0.2, 0) is 4.79 Å². The van der Waals surface area contributed by atoms with Crippen LogP contribution in [0.15, 0.2) is 11.6 Å². The maximum absolute atomic E-state index is 12.0. The highest BCUT2D eigenvalue weighted by Gasteiger charge is 2.20. The Hall–Kier alpha value is -0.870. The zero-order valence-electron chi connectivity index (χ0n) is 8.38. The van der Waals surface area contributed by atoms with Crippen molar-refractivity contribution in [2.45, 2.75) is 6.42 Å². The second kappa shape index (κ2) is 4.57. The van der Waals surface area contributed by atoms with Gasteiger partial charge in [-0.25, -0.2) is 0 Å². The summed E-state index contributed by atoms with van der Waals surface area (Å²) in [6.07, 6.45) is 2.90. The van der Waals surface area contributed by atoms with E-state index in [0.717, 1.165) is 51.3 Å².